The molecule has 0 radical (unpaired) electrons. The summed E-state index contributed by atoms with van der Waals surface area (Å²) in [7, 11) is 0. The molecule has 1 aromatic rings. The Balaban J connectivity index is 3.15. The van der Waals surface area contributed by atoms with Crippen molar-refractivity contribution in [1.29, 1.82) is 0 Å². The van der Waals surface area contributed by atoms with Crippen LogP contribution in [0, 0.1) is 0 Å². The summed E-state index contributed by atoms with van der Waals surface area (Å²) in [5.74, 6) is 0.225. The van der Waals surface area contributed by atoms with Gasteiger partial charge >= 0.3 is 6.72 Å². The standard InChI is InChI=1S/C6H4Br2ClO3PS/c7-4-1-3(9)2-5(8)6(4)12-13(10,11)14/h1-2H,(H2,10,11,14). The summed E-state index contributed by atoms with van der Waals surface area (Å²) in [6.45, 7) is -3.73. The average Bonchev–Trinajstić information content (AvgIpc) is 1.95. The van der Waals surface area contributed by atoms with Crippen molar-refractivity contribution in [2.75, 3.05) is 0 Å². The van der Waals surface area contributed by atoms with Crippen LogP contribution in [-0.2, 0) is 11.8 Å². The highest BCUT2D eigenvalue weighted by atomic mass is 79.9. The first kappa shape index (κ1) is 12.9. The molecule has 14 heavy (non-hydrogen) atoms. The zero-order valence-corrected chi connectivity index (χ0v) is 12.1. The van der Waals surface area contributed by atoms with E-state index in [0.29, 0.717) is 14.0 Å². The highest BCUT2D eigenvalue weighted by molar-refractivity contribution is 9.11. The van der Waals surface area contributed by atoms with Crippen LogP contribution in [0.5, 0.6) is 5.75 Å². The van der Waals surface area contributed by atoms with Crippen LogP contribution in [0.2, 0.25) is 5.02 Å². The number of halogens is 3. The van der Waals surface area contributed by atoms with Gasteiger partial charge in [-0.05, 0) is 44.0 Å². The fourth-order valence-electron chi connectivity index (χ4n) is 0.735. The van der Waals surface area contributed by atoms with Crippen molar-refractivity contribution in [1.82, 2.24) is 0 Å². The minimum absolute atomic E-state index is 0.225. The summed E-state index contributed by atoms with van der Waals surface area (Å²) in [5, 5.41) is 0.486. The summed E-state index contributed by atoms with van der Waals surface area (Å²) in [6, 6.07) is 3.12. The van der Waals surface area contributed by atoms with Crippen LogP contribution in [-0.4, -0.2) is 9.79 Å². The van der Waals surface area contributed by atoms with Gasteiger partial charge in [0.1, 0.15) is 0 Å². The highest BCUT2D eigenvalue weighted by Gasteiger charge is 2.16. The van der Waals surface area contributed by atoms with Gasteiger partial charge in [0.05, 0.1) is 8.95 Å². The van der Waals surface area contributed by atoms with Crippen molar-refractivity contribution >= 4 is 62.0 Å². The molecule has 0 spiro atoms. The van der Waals surface area contributed by atoms with Gasteiger partial charge in [-0.3, -0.25) is 0 Å². The van der Waals surface area contributed by atoms with E-state index in [0.717, 1.165) is 0 Å². The van der Waals surface area contributed by atoms with E-state index in [4.69, 9.17) is 25.9 Å². The molecule has 0 fully saturated rings. The van der Waals surface area contributed by atoms with Gasteiger partial charge in [-0.15, -0.1) is 0 Å². The van der Waals surface area contributed by atoms with Crippen LogP contribution in [0.15, 0.2) is 21.1 Å². The van der Waals surface area contributed by atoms with Crippen molar-refractivity contribution < 1.29 is 14.3 Å². The predicted octanol–water partition coefficient (Wildman–Crippen LogP) is 3.45. The summed E-state index contributed by atoms with van der Waals surface area (Å²) < 4.78 is 5.79. The van der Waals surface area contributed by atoms with Gasteiger partial charge in [0.25, 0.3) is 0 Å². The Labute approximate surface area is 108 Å². The lowest BCUT2D eigenvalue weighted by atomic mass is 10.3. The van der Waals surface area contributed by atoms with Gasteiger partial charge in [-0.2, -0.15) is 0 Å². The summed E-state index contributed by atoms with van der Waals surface area (Å²) >= 11 is 16.4. The van der Waals surface area contributed by atoms with Crippen LogP contribution in [0.4, 0.5) is 0 Å². The molecule has 0 aliphatic heterocycles. The lowest BCUT2D eigenvalue weighted by molar-refractivity contribution is 0.369. The van der Waals surface area contributed by atoms with E-state index in [9.17, 15) is 0 Å². The zero-order chi connectivity index (χ0) is 10.9. The Bertz CT molecular complexity index is 385. The minimum Gasteiger partial charge on any atom is -0.422 e. The molecule has 0 saturated heterocycles. The Kier molecular flexibility index (Phi) is 4.41. The molecule has 0 amide bonds. The minimum atomic E-state index is -3.73. The van der Waals surface area contributed by atoms with E-state index >= 15 is 0 Å². The first-order chi connectivity index (χ1) is 6.29. The van der Waals surface area contributed by atoms with E-state index in [-0.39, 0.29) is 5.75 Å². The van der Waals surface area contributed by atoms with E-state index in [1.54, 1.807) is 12.1 Å². The van der Waals surface area contributed by atoms with Crippen molar-refractivity contribution in [2.45, 2.75) is 0 Å². The Morgan fingerprint density at radius 3 is 2.07 bits per heavy atom. The van der Waals surface area contributed by atoms with Crippen LogP contribution in [0.3, 0.4) is 0 Å². The first-order valence-corrected chi connectivity index (χ1v) is 7.78. The summed E-state index contributed by atoms with van der Waals surface area (Å²) in [5.41, 5.74) is 0. The van der Waals surface area contributed by atoms with E-state index in [1.165, 1.54) is 0 Å². The van der Waals surface area contributed by atoms with Crippen LogP contribution in [0.25, 0.3) is 0 Å². The van der Waals surface area contributed by atoms with Gasteiger partial charge in [0.2, 0.25) is 0 Å². The molecule has 0 saturated carbocycles. The SMILES string of the molecule is OP(O)(=S)Oc1c(Br)cc(Cl)cc1Br. The smallest absolute Gasteiger partial charge is 0.375 e. The van der Waals surface area contributed by atoms with E-state index in [1.807, 2.05) is 0 Å². The van der Waals surface area contributed by atoms with Crippen molar-refractivity contribution in [2.24, 2.45) is 0 Å². The third-order valence-corrected chi connectivity index (χ3v) is 3.21. The molecule has 3 nitrogen and oxygen atoms in total. The van der Waals surface area contributed by atoms with Crippen molar-refractivity contribution in [3.63, 3.8) is 0 Å². The third kappa shape index (κ3) is 3.77. The van der Waals surface area contributed by atoms with Gasteiger partial charge in [-0.1, -0.05) is 11.6 Å². The number of benzene rings is 1. The maximum Gasteiger partial charge on any atom is 0.375 e. The Morgan fingerprint density at radius 2 is 1.71 bits per heavy atom. The molecule has 2 N–H and O–H groups in total. The summed E-state index contributed by atoms with van der Waals surface area (Å²) in [4.78, 5) is 17.9. The second-order valence-electron chi connectivity index (χ2n) is 2.28. The van der Waals surface area contributed by atoms with Crippen molar-refractivity contribution in [3.8, 4) is 5.75 Å². The highest BCUT2D eigenvalue weighted by Crippen LogP contribution is 2.45. The predicted molar refractivity (Wildman–Crippen MR) is 66.2 cm³/mol. The first-order valence-electron chi connectivity index (χ1n) is 3.19. The van der Waals surface area contributed by atoms with Gasteiger partial charge in [-0.25, -0.2) is 0 Å². The molecule has 0 heterocycles. The Hall–Kier alpha value is 0.840. The number of rotatable bonds is 2. The molecule has 1 aromatic carbocycles. The molecule has 0 unspecified atom stereocenters. The lowest BCUT2D eigenvalue weighted by Crippen LogP contribution is -1.91. The summed E-state index contributed by atoms with van der Waals surface area (Å²) in [6.07, 6.45) is 0. The molecule has 8 heteroatoms. The fourth-order valence-corrected chi connectivity index (χ4v) is 3.47. The topological polar surface area (TPSA) is 49.7 Å². The molecular weight excluding hydrogens is 378 g/mol. The third-order valence-electron chi connectivity index (χ3n) is 1.17. The van der Waals surface area contributed by atoms with Crippen LogP contribution in [0.1, 0.15) is 0 Å². The number of hydrogen-bond donors (Lipinski definition) is 2. The van der Waals surface area contributed by atoms with Crippen LogP contribution < -0.4 is 4.52 Å². The zero-order valence-electron chi connectivity index (χ0n) is 6.45. The molecule has 0 atom stereocenters. The molecule has 0 bridgehead atoms. The Morgan fingerprint density at radius 1 is 1.29 bits per heavy atom. The maximum atomic E-state index is 8.97. The molecule has 1 rings (SSSR count). The second kappa shape index (κ2) is 4.78. The fraction of sp³-hybridized carbons (Fsp3) is 0. The largest absolute Gasteiger partial charge is 0.422 e. The van der Waals surface area contributed by atoms with Gasteiger partial charge in [0, 0.05) is 16.8 Å². The molecule has 0 aromatic heterocycles. The van der Waals surface area contributed by atoms with Gasteiger partial charge in [0.15, 0.2) is 5.75 Å². The quantitative estimate of drug-likeness (QED) is 0.770. The monoisotopic (exact) mass is 380 g/mol. The van der Waals surface area contributed by atoms with Gasteiger partial charge < -0.3 is 14.3 Å². The number of hydrogen-bond acceptors (Lipinski definition) is 2. The normalized spacial score (nSPS) is 11.5. The molecule has 0 aliphatic carbocycles. The molecule has 0 aliphatic rings. The van der Waals surface area contributed by atoms with E-state index < -0.39 is 6.72 Å². The molecule has 78 valence electrons. The maximum absolute atomic E-state index is 8.97. The molecular formula is C6H4Br2ClO3PS. The van der Waals surface area contributed by atoms with Crippen molar-refractivity contribution in [3.05, 3.63) is 26.1 Å². The van der Waals surface area contributed by atoms with E-state index in [2.05, 4.69) is 43.7 Å². The van der Waals surface area contributed by atoms with Crippen LogP contribution >= 0.6 is 50.2 Å². The second-order valence-corrected chi connectivity index (χ2v) is 7.02. The average molecular weight is 382 g/mol. The lowest BCUT2D eigenvalue weighted by Gasteiger charge is -2.13.